The van der Waals surface area contributed by atoms with E-state index in [1.54, 1.807) is 6.92 Å². The molecule has 3 nitrogen and oxygen atoms in total. The molecule has 94 valence electrons. The van der Waals surface area contributed by atoms with Gasteiger partial charge in [0, 0.05) is 13.1 Å². The number of carbonyl (C=O) groups excluding carboxylic acids is 1. The van der Waals surface area contributed by atoms with Crippen molar-refractivity contribution >= 4 is 5.91 Å². The van der Waals surface area contributed by atoms with Gasteiger partial charge in [-0.3, -0.25) is 4.79 Å². The second-order valence-corrected chi connectivity index (χ2v) is 3.62. The van der Waals surface area contributed by atoms with Gasteiger partial charge in [-0.2, -0.15) is 0 Å². The zero-order chi connectivity index (χ0) is 12.8. The van der Waals surface area contributed by atoms with E-state index in [2.05, 4.69) is 0 Å². The molecule has 1 amide bonds. The summed E-state index contributed by atoms with van der Waals surface area (Å²) in [5.41, 5.74) is 0.422. The Balaban J connectivity index is 2.69. The van der Waals surface area contributed by atoms with E-state index < -0.39 is 11.6 Å². The maximum Gasteiger partial charge on any atom is 0.227 e. The molecule has 0 saturated heterocycles. The molecule has 0 bridgehead atoms. The van der Waals surface area contributed by atoms with Crippen molar-refractivity contribution in [3.05, 3.63) is 35.4 Å². The molecule has 0 aliphatic carbocycles. The van der Waals surface area contributed by atoms with Crippen LogP contribution in [0.15, 0.2) is 18.2 Å². The predicted molar refractivity (Wildman–Crippen MR) is 59.4 cm³/mol. The molecule has 0 aliphatic heterocycles. The number of rotatable bonds is 5. The van der Waals surface area contributed by atoms with Crippen molar-refractivity contribution in [3.63, 3.8) is 0 Å². The molecule has 0 spiro atoms. The van der Waals surface area contributed by atoms with Gasteiger partial charge >= 0.3 is 0 Å². The van der Waals surface area contributed by atoms with Crippen LogP contribution in [0.5, 0.6) is 0 Å². The fourth-order valence-electron chi connectivity index (χ4n) is 1.52. The zero-order valence-corrected chi connectivity index (χ0v) is 9.62. The minimum Gasteiger partial charge on any atom is -0.395 e. The fourth-order valence-corrected chi connectivity index (χ4v) is 1.52. The Morgan fingerprint density at radius 2 is 2.06 bits per heavy atom. The molecule has 1 N–H and O–H groups in total. The smallest absolute Gasteiger partial charge is 0.227 e. The average molecular weight is 243 g/mol. The number of halogens is 2. The Morgan fingerprint density at radius 1 is 1.35 bits per heavy atom. The number of aliphatic hydroxyl groups excluding tert-OH is 1. The van der Waals surface area contributed by atoms with Crippen molar-refractivity contribution in [2.75, 3.05) is 19.7 Å². The predicted octanol–water partition coefficient (Wildman–Crippen LogP) is 1.35. The van der Waals surface area contributed by atoms with Crippen molar-refractivity contribution in [2.24, 2.45) is 0 Å². The Bertz CT molecular complexity index is 396. The molecule has 0 unspecified atom stereocenters. The van der Waals surface area contributed by atoms with E-state index in [0.29, 0.717) is 12.1 Å². The second kappa shape index (κ2) is 6.30. The summed E-state index contributed by atoms with van der Waals surface area (Å²) < 4.78 is 25.6. The van der Waals surface area contributed by atoms with Gasteiger partial charge in [-0.1, -0.05) is 6.07 Å². The number of carbonyl (C=O) groups is 1. The monoisotopic (exact) mass is 243 g/mol. The fraction of sp³-hybridized carbons (Fsp3) is 0.417. The lowest BCUT2D eigenvalue weighted by Gasteiger charge is -2.19. The van der Waals surface area contributed by atoms with Crippen LogP contribution in [0, 0.1) is 11.6 Å². The van der Waals surface area contributed by atoms with Crippen LogP contribution in [-0.2, 0) is 11.2 Å². The first kappa shape index (κ1) is 13.6. The molecule has 17 heavy (non-hydrogen) atoms. The highest BCUT2D eigenvalue weighted by Gasteiger charge is 2.12. The molecule has 1 aromatic rings. The first-order chi connectivity index (χ1) is 8.08. The molecular weight excluding hydrogens is 228 g/mol. The van der Waals surface area contributed by atoms with Gasteiger partial charge in [-0.05, 0) is 24.6 Å². The van der Waals surface area contributed by atoms with Crippen LogP contribution in [0.1, 0.15) is 12.5 Å². The number of likely N-dealkylation sites (N-methyl/N-ethyl adjacent to an activating group) is 1. The van der Waals surface area contributed by atoms with Crippen LogP contribution in [0.3, 0.4) is 0 Å². The quantitative estimate of drug-likeness (QED) is 0.848. The molecule has 0 aromatic heterocycles. The van der Waals surface area contributed by atoms with Crippen molar-refractivity contribution < 1.29 is 18.7 Å². The Kier molecular flexibility index (Phi) is 5.03. The maximum absolute atomic E-state index is 12.9. The number of hydrogen-bond acceptors (Lipinski definition) is 2. The lowest BCUT2D eigenvalue weighted by atomic mass is 10.1. The average Bonchev–Trinajstić information content (AvgIpc) is 2.30. The summed E-state index contributed by atoms with van der Waals surface area (Å²) in [5, 5.41) is 8.76. The van der Waals surface area contributed by atoms with E-state index in [1.807, 2.05) is 0 Å². The molecule has 1 aromatic carbocycles. The maximum atomic E-state index is 12.9. The van der Waals surface area contributed by atoms with Crippen LogP contribution in [-0.4, -0.2) is 35.6 Å². The molecule has 0 heterocycles. The highest BCUT2D eigenvalue weighted by atomic mass is 19.2. The summed E-state index contributed by atoms with van der Waals surface area (Å²) in [6.07, 6.45) is 0.00500. The van der Waals surface area contributed by atoms with Crippen LogP contribution in [0.25, 0.3) is 0 Å². The third kappa shape index (κ3) is 3.78. The van der Waals surface area contributed by atoms with Gasteiger partial charge in [0.1, 0.15) is 0 Å². The highest BCUT2D eigenvalue weighted by Crippen LogP contribution is 2.10. The molecular formula is C12H15F2NO2. The van der Waals surface area contributed by atoms with Crippen molar-refractivity contribution in [2.45, 2.75) is 13.3 Å². The summed E-state index contributed by atoms with van der Waals surface area (Å²) >= 11 is 0. The van der Waals surface area contributed by atoms with Crippen molar-refractivity contribution in [1.82, 2.24) is 4.90 Å². The topological polar surface area (TPSA) is 40.5 Å². The molecule has 5 heteroatoms. The minimum absolute atomic E-state index is 0.00500. The van der Waals surface area contributed by atoms with Gasteiger partial charge in [0.05, 0.1) is 13.0 Å². The number of amides is 1. The first-order valence-corrected chi connectivity index (χ1v) is 5.41. The van der Waals surface area contributed by atoms with Gasteiger partial charge in [-0.25, -0.2) is 8.78 Å². The molecule has 1 rings (SSSR count). The largest absolute Gasteiger partial charge is 0.395 e. The van der Waals surface area contributed by atoms with E-state index in [9.17, 15) is 13.6 Å². The van der Waals surface area contributed by atoms with Crippen LogP contribution < -0.4 is 0 Å². The van der Waals surface area contributed by atoms with Crippen molar-refractivity contribution in [1.29, 1.82) is 0 Å². The number of nitrogens with zero attached hydrogens (tertiary/aromatic N) is 1. The van der Waals surface area contributed by atoms with E-state index in [4.69, 9.17) is 5.11 Å². The number of benzene rings is 1. The molecule has 0 aliphatic rings. The number of aliphatic hydroxyl groups is 1. The third-order valence-corrected chi connectivity index (χ3v) is 2.44. The summed E-state index contributed by atoms with van der Waals surface area (Å²) in [4.78, 5) is 13.2. The van der Waals surface area contributed by atoms with E-state index in [0.717, 1.165) is 12.1 Å². The second-order valence-electron chi connectivity index (χ2n) is 3.62. The Labute approximate surface area is 98.7 Å². The standard InChI is InChI=1S/C12H15F2NO2/c1-2-15(5-6-16)12(17)8-9-3-4-10(13)11(14)7-9/h3-4,7,16H,2,5-6,8H2,1H3. The van der Waals surface area contributed by atoms with Crippen LogP contribution in [0.4, 0.5) is 8.78 Å². The van der Waals surface area contributed by atoms with E-state index in [-0.39, 0.29) is 25.5 Å². The van der Waals surface area contributed by atoms with Crippen molar-refractivity contribution in [3.8, 4) is 0 Å². The van der Waals surface area contributed by atoms with Gasteiger partial charge in [0.25, 0.3) is 0 Å². The summed E-state index contributed by atoms with van der Waals surface area (Å²) in [5.74, 6) is -2.10. The lowest BCUT2D eigenvalue weighted by molar-refractivity contribution is -0.130. The normalized spacial score (nSPS) is 10.4. The molecule has 0 atom stereocenters. The van der Waals surface area contributed by atoms with Gasteiger partial charge < -0.3 is 10.0 Å². The highest BCUT2D eigenvalue weighted by molar-refractivity contribution is 5.78. The van der Waals surface area contributed by atoms with Gasteiger partial charge in [-0.15, -0.1) is 0 Å². The summed E-state index contributed by atoms with van der Waals surface area (Å²) in [7, 11) is 0. The molecule has 0 fully saturated rings. The first-order valence-electron chi connectivity index (χ1n) is 5.41. The third-order valence-electron chi connectivity index (χ3n) is 2.44. The van der Waals surface area contributed by atoms with E-state index in [1.165, 1.54) is 11.0 Å². The number of hydrogen-bond donors (Lipinski definition) is 1. The van der Waals surface area contributed by atoms with Gasteiger partial charge in [0.15, 0.2) is 11.6 Å². The van der Waals surface area contributed by atoms with Crippen LogP contribution in [0.2, 0.25) is 0 Å². The zero-order valence-electron chi connectivity index (χ0n) is 9.62. The van der Waals surface area contributed by atoms with E-state index >= 15 is 0 Å². The minimum atomic E-state index is -0.958. The SMILES string of the molecule is CCN(CCO)C(=O)Cc1ccc(F)c(F)c1. The van der Waals surface area contributed by atoms with Crippen LogP contribution >= 0.6 is 0 Å². The molecule has 0 saturated carbocycles. The van der Waals surface area contributed by atoms with Gasteiger partial charge in [0.2, 0.25) is 5.91 Å². The Morgan fingerprint density at radius 3 is 2.59 bits per heavy atom. The summed E-state index contributed by atoms with van der Waals surface area (Å²) in [6.45, 7) is 2.40. The lowest BCUT2D eigenvalue weighted by Crippen LogP contribution is -2.34. The summed E-state index contributed by atoms with van der Waals surface area (Å²) in [6, 6.07) is 3.39. The Hall–Kier alpha value is -1.49. The molecule has 0 radical (unpaired) electrons.